The SMILES string of the molecule is CN(CCO)c1ccc(NC(=O)c2ccncc2Cl)cc1. The summed E-state index contributed by atoms with van der Waals surface area (Å²) in [5.41, 5.74) is 2.02. The first kappa shape index (κ1) is 15.3. The summed E-state index contributed by atoms with van der Waals surface area (Å²) in [5.74, 6) is -0.279. The molecule has 0 aliphatic carbocycles. The Bertz CT molecular complexity index is 617. The van der Waals surface area contributed by atoms with E-state index in [0.29, 0.717) is 22.8 Å². The van der Waals surface area contributed by atoms with Gasteiger partial charge in [0.25, 0.3) is 5.91 Å². The van der Waals surface area contributed by atoms with Crippen LogP contribution in [-0.2, 0) is 0 Å². The zero-order valence-electron chi connectivity index (χ0n) is 11.6. The van der Waals surface area contributed by atoms with Gasteiger partial charge >= 0.3 is 0 Å². The number of hydrogen-bond acceptors (Lipinski definition) is 4. The molecule has 5 nitrogen and oxygen atoms in total. The van der Waals surface area contributed by atoms with Crippen LogP contribution in [0.1, 0.15) is 10.4 Å². The highest BCUT2D eigenvalue weighted by Gasteiger charge is 2.10. The van der Waals surface area contributed by atoms with Crippen LogP contribution in [0.2, 0.25) is 5.02 Å². The molecule has 0 aliphatic heterocycles. The number of halogens is 1. The Balaban J connectivity index is 2.07. The van der Waals surface area contributed by atoms with Crippen molar-refractivity contribution in [2.75, 3.05) is 30.4 Å². The summed E-state index contributed by atoms with van der Waals surface area (Å²) in [6, 6.07) is 8.92. The lowest BCUT2D eigenvalue weighted by Crippen LogP contribution is -2.21. The number of likely N-dealkylation sites (N-methyl/N-ethyl adjacent to an activating group) is 1. The van der Waals surface area contributed by atoms with Crippen molar-refractivity contribution in [2.45, 2.75) is 0 Å². The van der Waals surface area contributed by atoms with E-state index in [1.54, 1.807) is 18.2 Å². The molecule has 0 aliphatic rings. The number of aromatic nitrogens is 1. The number of anilines is 2. The number of nitrogens with one attached hydrogen (secondary N) is 1. The van der Waals surface area contributed by atoms with Crippen molar-refractivity contribution in [1.82, 2.24) is 4.98 Å². The van der Waals surface area contributed by atoms with Crippen molar-refractivity contribution in [1.29, 1.82) is 0 Å². The Morgan fingerprint density at radius 3 is 2.67 bits per heavy atom. The van der Waals surface area contributed by atoms with E-state index in [0.717, 1.165) is 5.69 Å². The molecule has 1 amide bonds. The lowest BCUT2D eigenvalue weighted by Gasteiger charge is -2.18. The Morgan fingerprint density at radius 2 is 2.05 bits per heavy atom. The van der Waals surface area contributed by atoms with Crippen LogP contribution in [0.15, 0.2) is 42.7 Å². The Morgan fingerprint density at radius 1 is 1.33 bits per heavy atom. The molecule has 0 atom stereocenters. The van der Waals surface area contributed by atoms with Crippen molar-refractivity contribution in [3.63, 3.8) is 0 Å². The summed E-state index contributed by atoms with van der Waals surface area (Å²) < 4.78 is 0. The van der Waals surface area contributed by atoms with Crippen molar-refractivity contribution in [3.8, 4) is 0 Å². The second kappa shape index (κ2) is 7.06. The van der Waals surface area contributed by atoms with Crippen LogP contribution >= 0.6 is 11.6 Å². The summed E-state index contributed by atoms with van der Waals surface area (Å²) in [6.07, 6.45) is 2.96. The maximum atomic E-state index is 12.1. The average Bonchev–Trinajstić information content (AvgIpc) is 2.48. The van der Waals surface area contributed by atoms with Crippen molar-refractivity contribution in [3.05, 3.63) is 53.3 Å². The summed E-state index contributed by atoms with van der Waals surface area (Å²) in [4.78, 5) is 17.9. The lowest BCUT2D eigenvalue weighted by molar-refractivity contribution is 0.102. The minimum Gasteiger partial charge on any atom is -0.395 e. The maximum Gasteiger partial charge on any atom is 0.257 e. The summed E-state index contributed by atoms with van der Waals surface area (Å²) >= 11 is 5.93. The van der Waals surface area contributed by atoms with Gasteiger partial charge in [-0.15, -0.1) is 0 Å². The molecule has 2 aromatic rings. The van der Waals surface area contributed by atoms with Gasteiger partial charge in [-0.05, 0) is 30.3 Å². The van der Waals surface area contributed by atoms with Crippen LogP contribution in [0.25, 0.3) is 0 Å². The van der Waals surface area contributed by atoms with Gasteiger partial charge in [-0.3, -0.25) is 9.78 Å². The molecule has 2 N–H and O–H groups in total. The molecule has 0 saturated heterocycles. The van der Waals surface area contributed by atoms with Crippen molar-refractivity contribution >= 4 is 28.9 Å². The first-order valence-corrected chi connectivity index (χ1v) is 6.82. The number of carbonyl (C=O) groups is 1. The molecule has 1 aromatic carbocycles. The molecular weight excluding hydrogens is 290 g/mol. The van der Waals surface area contributed by atoms with Gasteiger partial charge in [0.1, 0.15) is 0 Å². The molecule has 0 spiro atoms. The van der Waals surface area contributed by atoms with Gasteiger partial charge in [-0.25, -0.2) is 0 Å². The van der Waals surface area contributed by atoms with Gasteiger partial charge in [0.05, 0.1) is 17.2 Å². The van der Waals surface area contributed by atoms with Crippen LogP contribution in [0.4, 0.5) is 11.4 Å². The monoisotopic (exact) mass is 305 g/mol. The van der Waals surface area contributed by atoms with E-state index in [4.69, 9.17) is 16.7 Å². The number of pyridine rings is 1. The van der Waals surface area contributed by atoms with Crippen LogP contribution < -0.4 is 10.2 Å². The molecule has 2 rings (SSSR count). The zero-order valence-corrected chi connectivity index (χ0v) is 12.3. The van der Waals surface area contributed by atoms with Crippen LogP contribution in [0.3, 0.4) is 0 Å². The molecule has 1 heterocycles. The number of benzene rings is 1. The second-order valence-corrected chi connectivity index (χ2v) is 4.91. The van der Waals surface area contributed by atoms with Gasteiger partial charge < -0.3 is 15.3 Å². The zero-order chi connectivity index (χ0) is 15.2. The highest BCUT2D eigenvalue weighted by molar-refractivity contribution is 6.34. The van der Waals surface area contributed by atoms with Crippen LogP contribution in [-0.4, -0.2) is 36.2 Å². The highest BCUT2D eigenvalue weighted by atomic mass is 35.5. The molecular formula is C15H16ClN3O2. The topological polar surface area (TPSA) is 65.5 Å². The Labute approximate surface area is 128 Å². The minimum absolute atomic E-state index is 0.0928. The number of carbonyl (C=O) groups excluding carboxylic acids is 1. The van der Waals surface area contributed by atoms with Crippen LogP contribution in [0.5, 0.6) is 0 Å². The molecule has 1 aromatic heterocycles. The van der Waals surface area contributed by atoms with Crippen molar-refractivity contribution < 1.29 is 9.90 Å². The molecule has 0 unspecified atom stereocenters. The van der Waals surface area contributed by atoms with E-state index >= 15 is 0 Å². The van der Waals surface area contributed by atoms with E-state index in [9.17, 15) is 4.79 Å². The van der Waals surface area contributed by atoms with Gasteiger partial charge in [0.15, 0.2) is 0 Å². The predicted octanol–water partition coefficient (Wildman–Crippen LogP) is 2.42. The number of aliphatic hydroxyl groups excluding tert-OH is 1. The molecule has 6 heteroatoms. The lowest BCUT2D eigenvalue weighted by atomic mass is 10.2. The average molecular weight is 306 g/mol. The molecule has 0 saturated carbocycles. The third kappa shape index (κ3) is 3.93. The van der Waals surface area contributed by atoms with E-state index in [1.807, 2.05) is 24.1 Å². The fourth-order valence-electron chi connectivity index (χ4n) is 1.84. The number of rotatable bonds is 5. The summed E-state index contributed by atoms with van der Waals surface area (Å²) in [6.45, 7) is 0.647. The van der Waals surface area contributed by atoms with Crippen LogP contribution in [0, 0.1) is 0 Å². The van der Waals surface area contributed by atoms with E-state index in [1.165, 1.54) is 12.4 Å². The molecule has 21 heavy (non-hydrogen) atoms. The van der Waals surface area contributed by atoms with Gasteiger partial charge in [0, 0.05) is 37.4 Å². The number of nitrogens with zero attached hydrogens (tertiary/aromatic N) is 2. The number of amides is 1. The fraction of sp³-hybridized carbons (Fsp3) is 0.200. The first-order chi connectivity index (χ1) is 10.1. The van der Waals surface area contributed by atoms with Gasteiger partial charge in [0.2, 0.25) is 0 Å². The first-order valence-electron chi connectivity index (χ1n) is 6.44. The second-order valence-electron chi connectivity index (χ2n) is 4.50. The molecule has 0 bridgehead atoms. The minimum atomic E-state index is -0.279. The molecule has 110 valence electrons. The standard InChI is InChI=1S/C15H16ClN3O2/c1-19(8-9-20)12-4-2-11(3-5-12)18-15(21)13-6-7-17-10-14(13)16/h2-7,10,20H,8-9H2,1H3,(H,18,21). The third-order valence-electron chi connectivity index (χ3n) is 3.02. The molecule has 0 radical (unpaired) electrons. The number of aliphatic hydroxyl groups is 1. The Kier molecular flexibility index (Phi) is 5.14. The summed E-state index contributed by atoms with van der Waals surface area (Å²) in [5, 5.41) is 12.0. The Hall–Kier alpha value is -2.11. The quantitative estimate of drug-likeness (QED) is 0.890. The van der Waals surface area contributed by atoms with E-state index < -0.39 is 0 Å². The van der Waals surface area contributed by atoms with Crippen molar-refractivity contribution in [2.24, 2.45) is 0 Å². The smallest absolute Gasteiger partial charge is 0.257 e. The normalized spacial score (nSPS) is 10.2. The highest BCUT2D eigenvalue weighted by Crippen LogP contribution is 2.19. The largest absolute Gasteiger partial charge is 0.395 e. The van der Waals surface area contributed by atoms with E-state index in [-0.39, 0.29) is 12.5 Å². The third-order valence-corrected chi connectivity index (χ3v) is 3.32. The fourth-order valence-corrected chi connectivity index (χ4v) is 2.04. The molecule has 0 fully saturated rings. The van der Waals surface area contributed by atoms with Gasteiger partial charge in [-0.2, -0.15) is 0 Å². The maximum absolute atomic E-state index is 12.1. The van der Waals surface area contributed by atoms with E-state index in [2.05, 4.69) is 10.3 Å². The van der Waals surface area contributed by atoms with Gasteiger partial charge in [-0.1, -0.05) is 11.6 Å². The summed E-state index contributed by atoms with van der Waals surface area (Å²) in [7, 11) is 1.89. The number of hydrogen-bond donors (Lipinski definition) is 2. The predicted molar refractivity (Wildman–Crippen MR) is 84.0 cm³/mol.